The van der Waals surface area contributed by atoms with Crippen molar-refractivity contribution in [3.05, 3.63) is 182 Å². The maximum Gasteiger partial charge on any atom is 0.472 e. The fourth-order valence-corrected chi connectivity index (χ4v) is 11.1. The molecule has 0 fully saturated rings. The Hall–Kier alpha value is -5.84. The van der Waals surface area contributed by atoms with Crippen LogP contribution in [0.5, 0.6) is 0 Å². The van der Waals surface area contributed by atoms with Crippen molar-refractivity contribution in [2.45, 2.75) is 290 Å². The maximum absolute atomic E-state index is 13.1. The van der Waals surface area contributed by atoms with Crippen molar-refractivity contribution in [3.63, 3.8) is 0 Å². The van der Waals surface area contributed by atoms with Crippen molar-refractivity contribution in [2.75, 3.05) is 39.6 Å². The van der Waals surface area contributed by atoms with Gasteiger partial charge in [-0.15, -0.1) is 0 Å². The van der Waals surface area contributed by atoms with Gasteiger partial charge in [-0.05, 0) is 161 Å². The first kappa shape index (κ1) is 98.2. The van der Waals surface area contributed by atoms with E-state index >= 15 is 0 Å². The highest BCUT2D eigenvalue weighted by Gasteiger charge is 2.30. The monoisotopic (exact) mass is 1490 g/mol. The van der Waals surface area contributed by atoms with E-state index in [1.54, 1.807) is 0 Å². The van der Waals surface area contributed by atoms with Crippen molar-refractivity contribution in [3.8, 4) is 0 Å². The number of phosphoric ester groups is 2. The first-order chi connectivity index (χ1) is 50.7. The van der Waals surface area contributed by atoms with Gasteiger partial charge in [-0.1, -0.05) is 268 Å². The molecule has 0 heterocycles. The van der Waals surface area contributed by atoms with E-state index in [0.717, 1.165) is 180 Å². The molecule has 0 aliphatic rings. The smallest absolute Gasteiger partial charge is 0.462 e. The number of esters is 4. The van der Waals surface area contributed by atoms with Crippen LogP contribution in [-0.4, -0.2) is 96.7 Å². The Labute approximate surface area is 628 Å². The summed E-state index contributed by atoms with van der Waals surface area (Å²) in [5, 5.41) is 10.6. The van der Waals surface area contributed by atoms with E-state index in [0.29, 0.717) is 32.1 Å². The molecule has 5 unspecified atom stereocenters. The number of hydrogen-bond donors (Lipinski definition) is 3. The standard InChI is InChI=1S/C85H136O17P2/c1-5-9-13-17-21-25-29-32-35-37-39-41-44-46-50-53-57-61-65-69-82(87)95-75-80(101-84(89)71-67-63-59-55-49-28-24-20-16-12-8-4)77-99-103(91,92)97-73-79(86)74-98-104(93,94)100-78-81(102-85(90)72-68-64-60-56-52-48-43-34-31-27-23-19-15-11-7-3)76-96-83(88)70-66-62-58-54-51-47-45-42-40-38-36-33-30-26-22-18-14-10-6-2/h9-11,13-15,20-27,32-36,39-43,46-47,50-51,57,61,79-81,86H,5-8,12,16-19,28-31,37-38,44-45,48-49,52-56,58-60,62-78H2,1-4H3,(H,91,92)(H,93,94)/b13-9-,14-10-,15-11-,24-20-,25-21-,26-22-,27-23-,35-32-,36-33-,41-39-,42-40-,43-34-,50-46-,51-47-,61-57-. The highest BCUT2D eigenvalue weighted by Crippen LogP contribution is 2.45. The fraction of sp³-hybridized carbons (Fsp3) is 0.600. The molecule has 0 aliphatic carbocycles. The lowest BCUT2D eigenvalue weighted by atomic mass is 10.1. The Morgan fingerprint density at radius 2 is 0.519 bits per heavy atom. The molecule has 0 aromatic heterocycles. The van der Waals surface area contributed by atoms with Crippen molar-refractivity contribution >= 4 is 39.5 Å². The second-order valence-electron chi connectivity index (χ2n) is 25.1. The normalized spacial score (nSPS) is 14.9. The molecular weight excluding hydrogens is 1350 g/mol. The summed E-state index contributed by atoms with van der Waals surface area (Å²) in [6.07, 6.45) is 90.4. The van der Waals surface area contributed by atoms with Gasteiger partial charge in [0.15, 0.2) is 12.2 Å². The summed E-state index contributed by atoms with van der Waals surface area (Å²) in [6, 6.07) is 0. The van der Waals surface area contributed by atoms with Gasteiger partial charge in [0, 0.05) is 25.7 Å². The lowest BCUT2D eigenvalue weighted by molar-refractivity contribution is -0.161. The predicted octanol–water partition coefficient (Wildman–Crippen LogP) is 22.8. The van der Waals surface area contributed by atoms with Crippen molar-refractivity contribution in [1.29, 1.82) is 0 Å². The first-order valence-electron chi connectivity index (χ1n) is 39.0. The van der Waals surface area contributed by atoms with E-state index < -0.39 is 97.5 Å². The summed E-state index contributed by atoms with van der Waals surface area (Å²) in [5.74, 6) is -2.36. The third-order valence-corrected chi connectivity index (χ3v) is 17.3. The van der Waals surface area contributed by atoms with Crippen LogP contribution in [0.1, 0.15) is 272 Å². The molecule has 17 nitrogen and oxygen atoms in total. The number of ether oxygens (including phenoxy) is 4. The number of phosphoric acid groups is 2. The molecule has 0 saturated carbocycles. The average Bonchev–Trinajstić information content (AvgIpc) is 0.931. The molecule has 0 spiro atoms. The molecule has 19 heteroatoms. The van der Waals surface area contributed by atoms with Gasteiger partial charge < -0.3 is 33.8 Å². The zero-order chi connectivity index (χ0) is 76.0. The zero-order valence-corrected chi connectivity index (χ0v) is 65.9. The van der Waals surface area contributed by atoms with Gasteiger partial charge in [-0.2, -0.15) is 0 Å². The van der Waals surface area contributed by atoms with E-state index in [2.05, 4.69) is 192 Å². The molecule has 588 valence electrons. The van der Waals surface area contributed by atoms with Crippen molar-refractivity contribution in [1.82, 2.24) is 0 Å². The Morgan fingerprint density at radius 3 is 0.846 bits per heavy atom. The minimum absolute atomic E-state index is 0.0278. The summed E-state index contributed by atoms with van der Waals surface area (Å²) in [4.78, 5) is 72.9. The third kappa shape index (κ3) is 74.4. The molecule has 0 saturated heterocycles. The molecule has 104 heavy (non-hydrogen) atoms. The van der Waals surface area contributed by atoms with Crippen LogP contribution >= 0.6 is 15.6 Å². The number of rotatable bonds is 71. The molecule has 0 aliphatic heterocycles. The second kappa shape index (κ2) is 75.4. The Balaban J connectivity index is 5.45. The number of carbonyl (C=O) groups excluding carboxylic acids is 4. The average molecular weight is 1490 g/mol. The fourth-order valence-electron chi connectivity index (χ4n) is 9.50. The lowest BCUT2D eigenvalue weighted by Crippen LogP contribution is -2.30. The zero-order valence-electron chi connectivity index (χ0n) is 64.1. The summed E-state index contributed by atoms with van der Waals surface area (Å²) in [5.41, 5.74) is 0. The van der Waals surface area contributed by atoms with Gasteiger partial charge in [0.2, 0.25) is 0 Å². The molecule has 0 radical (unpaired) electrons. The van der Waals surface area contributed by atoms with Crippen LogP contribution in [0.3, 0.4) is 0 Å². The van der Waals surface area contributed by atoms with Crippen LogP contribution in [-0.2, 0) is 65.4 Å². The Bertz CT molecular complexity index is 2690. The van der Waals surface area contributed by atoms with E-state index in [-0.39, 0.29) is 25.7 Å². The van der Waals surface area contributed by atoms with Gasteiger partial charge in [0.25, 0.3) is 0 Å². The molecule has 0 aromatic carbocycles. The maximum atomic E-state index is 13.1. The molecule has 5 atom stereocenters. The van der Waals surface area contributed by atoms with Crippen LogP contribution < -0.4 is 0 Å². The van der Waals surface area contributed by atoms with Crippen LogP contribution in [0.4, 0.5) is 0 Å². The summed E-state index contributed by atoms with van der Waals surface area (Å²) < 4.78 is 68.4. The molecular formula is C85H136O17P2. The van der Waals surface area contributed by atoms with Gasteiger partial charge in [0.1, 0.15) is 19.3 Å². The number of aliphatic hydroxyl groups excluding tert-OH is 1. The van der Waals surface area contributed by atoms with Gasteiger partial charge >= 0.3 is 39.5 Å². The minimum Gasteiger partial charge on any atom is -0.462 e. The molecule has 3 N–H and O–H groups in total. The topological polar surface area (TPSA) is 237 Å². The molecule has 0 aromatic rings. The summed E-state index contributed by atoms with van der Waals surface area (Å²) >= 11 is 0. The number of carbonyl (C=O) groups is 4. The van der Waals surface area contributed by atoms with E-state index in [1.807, 2.05) is 18.2 Å². The largest absolute Gasteiger partial charge is 0.472 e. The third-order valence-electron chi connectivity index (χ3n) is 15.4. The Kier molecular flexibility index (Phi) is 71.2. The van der Waals surface area contributed by atoms with Crippen molar-refractivity contribution < 1.29 is 80.2 Å². The first-order valence-corrected chi connectivity index (χ1v) is 42.0. The van der Waals surface area contributed by atoms with Crippen LogP contribution in [0.25, 0.3) is 0 Å². The Morgan fingerprint density at radius 1 is 0.279 bits per heavy atom. The van der Waals surface area contributed by atoms with Crippen LogP contribution in [0.15, 0.2) is 182 Å². The van der Waals surface area contributed by atoms with E-state index in [4.69, 9.17) is 37.0 Å². The van der Waals surface area contributed by atoms with E-state index in [1.165, 1.54) is 6.42 Å². The van der Waals surface area contributed by atoms with Gasteiger partial charge in [-0.3, -0.25) is 37.3 Å². The second-order valence-corrected chi connectivity index (χ2v) is 28.1. The van der Waals surface area contributed by atoms with Crippen molar-refractivity contribution in [2.24, 2.45) is 0 Å². The number of hydrogen-bond acceptors (Lipinski definition) is 15. The number of aliphatic hydroxyl groups is 1. The minimum atomic E-state index is -5.00. The van der Waals surface area contributed by atoms with Crippen LogP contribution in [0.2, 0.25) is 0 Å². The number of unbranched alkanes of at least 4 members (excludes halogenated alkanes) is 15. The van der Waals surface area contributed by atoms with Crippen LogP contribution in [0, 0.1) is 0 Å². The van der Waals surface area contributed by atoms with E-state index in [9.17, 15) is 43.2 Å². The quantitative estimate of drug-likeness (QED) is 0.0169. The lowest BCUT2D eigenvalue weighted by Gasteiger charge is -2.21. The summed E-state index contributed by atoms with van der Waals surface area (Å²) in [7, 11) is -10.0. The van der Waals surface area contributed by atoms with Gasteiger partial charge in [-0.25, -0.2) is 9.13 Å². The SMILES string of the molecule is CC/C=C\C/C=C\C/C=C\C/C=C\C/C=C\C/C=C\CCC(=O)OCC(COP(=O)(O)OCC(O)COP(=O)(O)OCC(COC(=O)CCCCC/C=C\C/C=C\C/C=C\C/C=C\C/C=C\CC)OC(=O)CCCCCCC/C=C\C/C=C\C/C=C\CC)OC(=O)CCCCCCC/C=C\CCCC. The predicted molar refractivity (Wildman–Crippen MR) is 426 cm³/mol. The molecule has 0 amide bonds. The number of allylic oxidation sites excluding steroid dienone is 30. The highest BCUT2D eigenvalue weighted by molar-refractivity contribution is 7.47. The van der Waals surface area contributed by atoms with Gasteiger partial charge in [0.05, 0.1) is 26.4 Å². The molecule has 0 rings (SSSR count). The molecule has 0 bridgehead atoms. The highest BCUT2D eigenvalue weighted by atomic mass is 31.2. The summed E-state index contributed by atoms with van der Waals surface area (Å²) in [6.45, 7) is 4.31.